The number of carboxylic acid groups (broad SMARTS) is 1. The number of benzene rings is 3. The summed E-state index contributed by atoms with van der Waals surface area (Å²) in [5, 5.41) is 32.5. The molecule has 282 valence electrons. The molecule has 0 saturated heterocycles. The molecule has 0 amide bonds. The minimum absolute atomic E-state index is 0.102. The van der Waals surface area contributed by atoms with E-state index in [-0.39, 0.29) is 26.1 Å². The van der Waals surface area contributed by atoms with Gasteiger partial charge in [0.1, 0.15) is 36.6 Å². The topological polar surface area (TPSA) is 159 Å². The minimum Gasteiger partial charge on any atom is -0.488 e. The third-order valence-corrected chi connectivity index (χ3v) is 10.3. The van der Waals surface area contributed by atoms with Crippen molar-refractivity contribution in [2.75, 3.05) is 26.8 Å². The predicted octanol–water partition coefficient (Wildman–Crippen LogP) is 7.48. The van der Waals surface area contributed by atoms with E-state index in [2.05, 4.69) is 53.4 Å². The van der Waals surface area contributed by atoms with Crippen LogP contribution in [0.5, 0.6) is 17.4 Å². The third kappa shape index (κ3) is 8.56. The summed E-state index contributed by atoms with van der Waals surface area (Å²) >= 11 is 6.79. The monoisotopic (exact) mass is 759 g/mol. The van der Waals surface area contributed by atoms with Crippen molar-refractivity contribution in [1.82, 2.24) is 15.3 Å². The van der Waals surface area contributed by atoms with Crippen molar-refractivity contribution in [3.05, 3.63) is 123 Å². The van der Waals surface area contributed by atoms with E-state index in [4.69, 9.17) is 30.8 Å². The molecule has 0 unspecified atom stereocenters. The highest BCUT2D eigenvalue weighted by Crippen LogP contribution is 2.38. The van der Waals surface area contributed by atoms with Gasteiger partial charge in [0.05, 0.1) is 47.5 Å². The summed E-state index contributed by atoms with van der Waals surface area (Å²) in [7, 11) is 1.62. The number of carboxylic acids is 1. The molecular formula is C43H42ClN5O6. The second kappa shape index (κ2) is 17.0. The number of hydrogen-bond donors (Lipinski definition) is 3. The first-order chi connectivity index (χ1) is 26.5. The number of aliphatic carboxylic acids is 1. The van der Waals surface area contributed by atoms with Crippen LogP contribution in [0.15, 0.2) is 84.1 Å². The van der Waals surface area contributed by atoms with Crippen LogP contribution in [0, 0.1) is 30.6 Å². The van der Waals surface area contributed by atoms with Crippen LogP contribution in [-0.4, -0.2) is 58.8 Å². The smallest absolute Gasteiger partial charge is 0.311 e. The zero-order valence-corrected chi connectivity index (χ0v) is 31.9. The summed E-state index contributed by atoms with van der Waals surface area (Å²) in [4.78, 5) is 25.4. The fourth-order valence-corrected chi connectivity index (χ4v) is 6.71. The highest BCUT2D eigenvalue weighted by molar-refractivity contribution is 6.32. The summed E-state index contributed by atoms with van der Waals surface area (Å²) in [5.74, 6) is 1.04. The number of aryl methyl sites for hydroxylation is 1. The summed E-state index contributed by atoms with van der Waals surface area (Å²) in [6.07, 6.45) is 3.50. The number of pyridine rings is 2. The van der Waals surface area contributed by atoms with Crippen LogP contribution in [0.4, 0.5) is 0 Å². The standard InChI is InChI=1S/C43H42ClN5O6/c1-26-31(7-5-8-32(26)33-9-6-10-34(27(33)2)37-12-11-35(41(49-37)53-4)40-47-15-16-48-40)24-55-39-19-38(54-23-29-17-28(20-45)21-46-22-29)30(18-36(39)44)13-14-43(3,25-50)42(51)52/h5-12,17-19,21-22,50H,13-16,23-25H2,1-4H3,(H,47,48)(H,51,52)/t43-/m0/s1. The van der Waals surface area contributed by atoms with Crippen molar-refractivity contribution in [2.24, 2.45) is 10.4 Å². The molecule has 0 bridgehead atoms. The molecule has 1 atom stereocenters. The maximum absolute atomic E-state index is 11.9. The number of nitrogens with zero attached hydrogens (tertiary/aromatic N) is 4. The van der Waals surface area contributed by atoms with Crippen LogP contribution >= 0.6 is 11.6 Å². The van der Waals surface area contributed by atoms with Crippen LogP contribution in [-0.2, 0) is 24.4 Å². The van der Waals surface area contributed by atoms with E-state index in [1.807, 2.05) is 30.3 Å². The maximum Gasteiger partial charge on any atom is 0.311 e. The Bertz CT molecular complexity index is 2300. The Morgan fingerprint density at radius 2 is 1.69 bits per heavy atom. The van der Waals surface area contributed by atoms with Gasteiger partial charge in [-0.1, -0.05) is 48.0 Å². The number of aliphatic hydroxyl groups excluding tert-OH is 1. The Morgan fingerprint density at radius 1 is 0.945 bits per heavy atom. The number of amidine groups is 1. The van der Waals surface area contributed by atoms with Crippen LogP contribution in [0.2, 0.25) is 5.02 Å². The van der Waals surface area contributed by atoms with Gasteiger partial charge >= 0.3 is 5.97 Å². The van der Waals surface area contributed by atoms with Gasteiger partial charge in [0.2, 0.25) is 5.88 Å². The number of hydrogen-bond acceptors (Lipinski definition) is 10. The summed E-state index contributed by atoms with van der Waals surface area (Å²) in [5.41, 5.74) is 8.19. The molecule has 3 N–H and O–H groups in total. The first-order valence-electron chi connectivity index (χ1n) is 17.8. The fourth-order valence-electron chi connectivity index (χ4n) is 6.47. The number of ether oxygens (including phenoxy) is 3. The Labute approximate surface area is 325 Å². The molecule has 1 aliphatic rings. The summed E-state index contributed by atoms with van der Waals surface area (Å²) in [6, 6.07) is 23.5. The average Bonchev–Trinajstić information content (AvgIpc) is 3.74. The SMILES string of the molecule is COc1nc(-c2cccc(-c3cccc(COc4cc(OCc5cncc(C#N)c5)c(CC[C@@](C)(CO)C(=O)O)cc4Cl)c3C)c2C)ccc1C1=NCCN1. The van der Waals surface area contributed by atoms with Crippen molar-refractivity contribution >= 4 is 23.4 Å². The lowest BCUT2D eigenvalue weighted by Crippen LogP contribution is -2.32. The Morgan fingerprint density at radius 3 is 2.40 bits per heavy atom. The van der Waals surface area contributed by atoms with E-state index >= 15 is 0 Å². The molecule has 11 nitrogen and oxygen atoms in total. The zero-order chi connectivity index (χ0) is 39.1. The summed E-state index contributed by atoms with van der Waals surface area (Å²) in [6.45, 7) is 6.96. The highest BCUT2D eigenvalue weighted by Gasteiger charge is 2.32. The molecule has 0 radical (unpaired) electrons. The number of aliphatic imine (C=N–C) groups is 1. The van der Waals surface area contributed by atoms with Crippen LogP contribution in [0.1, 0.15) is 52.3 Å². The number of methoxy groups -OCH3 is 1. The first-order valence-corrected chi connectivity index (χ1v) is 18.2. The number of aliphatic hydroxyl groups is 1. The van der Waals surface area contributed by atoms with Gasteiger partial charge in [-0.2, -0.15) is 5.26 Å². The second-order valence-corrected chi connectivity index (χ2v) is 14.1. The van der Waals surface area contributed by atoms with Gasteiger partial charge in [-0.3, -0.25) is 14.8 Å². The van der Waals surface area contributed by atoms with E-state index < -0.39 is 18.0 Å². The Kier molecular flexibility index (Phi) is 12.0. The van der Waals surface area contributed by atoms with Crippen LogP contribution in [0.25, 0.3) is 22.4 Å². The van der Waals surface area contributed by atoms with Crippen molar-refractivity contribution in [3.63, 3.8) is 0 Å². The van der Waals surface area contributed by atoms with Gasteiger partial charge in [-0.25, -0.2) is 4.98 Å². The maximum atomic E-state index is 11.9. The van der Waals surface area contributed by atoms with E-state index in [0.29, 0.717) is 39.1 Å². The molecule has 6 rings (SSSR count). The van der Waals surface area contributed by atoms with E-state index in [1.54, 1.807) is 31.5 Å². The van der Waals surface area contributed by atoms with Crippen LogP contribution < -0.4 is 19.5 Å². The number of aromatic nitrogens is 2. The van der Waals surface area contributed by atoms with Gasteiger partial charge in [0.25, 0.3) is 0 Å². The molecule has 12 heteroatoms. The Balaban J connectivity index is 1.26. The van der Waals surface area contributed by atoms with Crippen molar-refractivity contribution < 1.29 is 29.2 Å². The molecule has 0 spiro atoms. The quantitative estimate of drug-likeness (QED) is 0.0977. The van der Waals surface area contributed by atoms with Crippen LogP contribution in [0.3, 0.4) is 0 Å². The van der Waals surface area contributed by atoms with Gasteiger partial charge in [-0.05, 0) is 91.3 Å². The van der Waals surface area contributed by atoms with E-state index in [1.165, 1.54) is 13.1 Å². The number of nitriles is 1. The lowest BCUT2D eigenvalue weighted by atomic mass is 9.85. The normalized spacial score (nSPS) is 13.3. The molecule has 5 aromatic rings. The average molecular weight is 760 g/mol. The highest BCUT2D eigenvalue weighted by atomic mass is 35.5. The lowest BCUT2D eigenvalue weighted by molar-refractivity contribution is -0.150. The number of rotatable bonds is 15. The molecule has 0 saturated carbocycles. The molecule has 0 fully saturated rings. The molecule has 55 heavy (non-hydrogen) atoms. The molecule has 0 aliphatic carbocycles. The van der Waals surface area contributed by atoms with E-state index in [0.717, 1.165) is 63.6 Å². The second-order valence-electron chi connectivity index (χ2n) is 13.7. The van der Waals surface area contributed by atoms with Gasteiger partial charge in [0, 0.05) is 36.1 Å². The Hall–Kier alpha value is -5.96. The number of carbonyl (C=O) groups is 1. The third-order valence-electron chi connectivity index (χ3n) is 9.96. The molecular weight excluding hydrogens is 718 g/mol. The summed E-state index contributed by atoms with van der Waals surface area (Å²) < 4.78 is 18.2. The van der Waals surface area contributed by atoms with Crippen molar-refractivity contribution in [1.29, 1.82) is 5.26 Å². The molecule has 1 aliphatic heterocycles. The van der Waals surface area contributed by atoms with Crippen molar-refractivity contribution in [3.8, 4) is 45.8 Å². The zero-order valence-electron chi connectivity index (χ0n) is 31.1. The lowest BCUT2D eigenvalue weighted by Gasteiger charge is -2.23. The van der Waals surface area contributed by atoms with Gasteiger partial charge < -0.3 is 29.7 Å². The first kappa shape index (κ1) is 38.8. The number of nitrogens with one attached hydrogen (secondary N) is 1. The largest absolute Gasteiger partial charge is 0.488 e. The predicted molar refractivity (Wildman–Crippen MR) is 211 cm³/mol. The fraction of sp³-hybridized carbons (Fsp3) is 0.279. The van der Waals surface area contributed by atoms with Crippen molar-refractivity contribution in [2.45, 2.75) is 46.8 Å². The molecule has 3 aromatic carbocycles. The number of halogens is 1. The molecule has 2 aromatic heterocycles. The molecule has 3 heterocycles. The van der Waals surface area contributed by atoms with Gasteiger partial charge in [-0.15, -0.1) is 0 Å². The van der Waals surface area contributed by atoms with E-state index in [9.17, 15) is 20.3 Å². The van der Waals surface area contributed by atoms with Gasteiger partial charge in [0.15, 0.2) is 0 Å². The minimum atomic E-state index is -1.35.